The molecule has 0 spiro atoms. The summed E-state index contributed by atoms with van der Waals surface area (Å²) >= 11 is 11.9. The molecule has 0 aliphatic carbocycles. The molecule has 240 valence electrons. The highest BCUT2D eigenvalue weighted by molar-refractivity contribution is 6.29. The Bertz CT molecular complexity index is 1750. The number of carbonyl (C=O) groups is 2. The zero-order valence-corrected chi connectivity index (χ0v) is 27.3. The summed E-state index contributed by atoms with van der Waals surface area (Å²) in [6.45, 7) is 7.05. The van der Waals surface area contributed by atoms with Crippen LogP contribution in [0.2, 0.25) is 10.3 Å². The fraction of sp³-hybridized carbons (Fsp3) is 0.312. The number of aromatic nitrogens is 4. The summed E-state index contributed by atoms with van der Waals surface area (Å²) < 4.78 is 22.2. The summed E-state index contributed by atoms with van der Waals surface area (Å²) in [7, 11) is 2.67. The van der Waals surface area contributed by atoms with Crippen molar-refractivity contribution in [3.05, 3.63) is 104 Å². The normalized spacial score (nSPS) is 13.7. The van der Waals surface area contributed by atoms with Crippen molar-refractivity contribution in [3.8, 4) is 23.5 Å². The maximum Gasteiger partial charge on any atom is 0.393 e. The molecule has 6 heterocycles. The third-order valence-electron chi connectivity index (χ3n) is 8.10. The quantitative estimate of drug-likeness (QED) is 0.116. The van der Waals surface area contributed by atoms with Gasteiger partial charge in [-0.25, -0.2) is 9.97 Å². The van der Waals surface area contributed by atoms with Crippen LogP contribution in [0.5, 0.6) is 23.5 Å². The average Bonchev–Trinajstić information content (AvgIpc) is 3.02. The van der Waals surface area contributed by atoms with E-state index in [1.165, 1.54) is 26.6 Å². The van der Waals surface area contributed by atoms with Crippen LogP contribution in [0.1, 0.15) is 61.8 Å². The predicted molar refractivity (Wildman–Crippen MR) is 165 cm³/mol. The van der Waals surface area contributed by atoms with Crippen LogP contribution in [0, 0.1) is 21.2 Å². The lowest BCUT2D eigenvalue weighted by Crippen LogP contribution is -2.42. The topological polar surface area (TPSA) is 151 Å². The van der Waals surface area contributed by atoms with Crippen molar-refractivity contribution >= 4 is 35.1 Å². The van der Waals surface area contributed by atoms with Crippen molar-refractivity contribution in [2.45, 2.75) is 39.5 Å². The van der Waals surface area contributed by atoms with Gasteiger partial charge in [-0.2, -0.15) is 0 Å². The lowest BCUT2D eigenvalue weighted by atomic mass is 9.71. The van der Waals surface area contributed by atoms with Gasteiger partial charge in [0.05, 0.1) is 36.2 Å². The number of rotatable bonds is 4. The molecule has 6 rings (SSSR count). The second-order valence-electron chi connectivity index (χ2n) is 11.7. The van der Waals surface area contributed by atoms with Gasteiger partial charge >= 0.3 is 23.7 Å². The van der Waals surface area contributed by atoms with Crippen molar-refractivity contribution < 1.29 is 38.0 Å². The number of halogens is 2. The van der Waals surface area contributed by atoms with Crippen molar-refractivity contribution in [2.24, 2.45) is 10.8 Å². The van der Waals surface area contributed by atoms with Gasteiger partial charge in [0.25, 0.3) is 0 Å². The average molecular weight is 670 g/mol. The Kier molecular flexibility index (Phi) is 8.71. The van der Waals surface area contributed by atoms with E-state index < -0.39 is 22.7 Å². The van der Waals surface area contributed by atoms with E-state index in [0.29, 0.717) is 42.7 Å². The third-order valence-corrected chi connectivity index (χ3v) is 8.52. The zero-order valence-electron chi connectivity index (χ0n) is 25.7. The number of ether oxygens (including phenoxy) is 4. The SMILES string of the molecule is COC(=O)C(C)(C)C1c2ccc(Cl)nc2Oc2nc(Cl)ccc21.COC(=O)C(C)(C)C1c2ccc[n+]([O-])c2Oc2c1ccc[n+]2[O-]. The number of methoxy groups -OCH3 is 2. The van der Waals surface area contributed by atoms with Crippen LogP contribution in [-0.2, 0) is 19.1 Å². The molecule has 12 nitrogen and oxygen atoms in total. The maximum absolute atomic E-state index is 12.3. The Morgan fingerprint density at radius 2 is 1.09 bits per heavy atom. The number of nitrogens with zero attached hydrogens (tertiary/aromatic N) is 4. The van der Waals surface area contributed by atoms with Gasteiger partial charge in [-0.05, 0) is 64.1 Å². The van der Waals surface area contributed by atoms with Crippen molar-refractivity contribution in [1.29, 1.82) is 0 Å². The molecule has 0 N–H and O–H groups in total. The van der Waals surface area contributed by atoms with Gasteiger partial charge in [0.1, 0.15) is 10.3 Å². The summed E-state index contributed by atoms with van der Waals surface area (Å²) in [4.78, 5) is 33.0. The molecule has 0 aromatic carbocycles. The first-order valence-corrected chi connectivity index (χ1v) is 14.8. The van der Waals surface area contributed by atoms with Crippen LogP contribution >= 0.6 is 23.2 Å². The molecule has 0 atom stereocenters. The molecule has 0 unspecified atom stereocenters. The van der Waals surface area contributed by atoms with E-state index in [2.05, 4.69) is 9.97 Å². The summed E-state index contributed by atoms with van der Waals surface area (Å²) in [5.41, 5.74) is 0.730. The minimum atomic E-state index is -0.995. The second kappa shape index (κ2) is 12.3. The van der Waals surface area contributed by atoms with Gasteiger partial charge in [-0.1, -0.05) is 23.2 Å². The van der Waals surface area contributed by atoms with Gasteiger partial charge < -0.3 is 29.4 Å². The Labute approximate surface area is 274 Å². The Hall–Kier alpha value is -4.68. The second-order valence-corrected chi connectivity index (χ2v) is 12.5. The number of hydrogen-bond acceptors (Lipinski definition) is 10. The van der Waals surface area contributed by atoms with Gasteiger partial charge in [-0.3, -0.25) is 9.59 Å². The molecular weight excluding hydrogens is 639 g/mol. The highest BCUT2D eigenvalue weighted by Crippen LogP contribution is 2.52. The van der Waals surface area contributed by atoms with Crippen LogP contribution in [-0.4, -0.2) is 36.1 Å². The number of hydrogen-bond donors (Lipinski definition) is 0. The molecule has 2 aliphatic heterocycles. The Morgan fingerprint density at radius 3 is 1.48 bits per heavy atom. The van der Waals surface area contributed by atoms with Gasteiger partial charge in [0.15, 0.2) is 12.4 Å². The van der Waals surface area contributed by atoms with Crippen LogP contribution in [0.25, 0.3) is 0 Å². The molecule has 0 saturated heterocycles. The molecule has 0 radical (unpaired) electrons. The summed E-state index contributed by atoms with van der Waals surface area (Å²) in [6, 6.07) is 13.5. The first kappa shape index (κ1) is 32.7. The monoisotopic (exact) mass is 668 g/mol. The highest BCUT2D eigenvalue weighted by Gasteiger charge is 2.49. The van der Waals surface area contributed by atoms with Gasteiger partial charge in [0, 0.05) is 35.1 Å². The summed E-state index contributed by atoms with van der Waals surface area (Å²) in [6.07, 6.45) is 2.56. The summed E-state index contributed by atoms with van der Waals surface area (Å²) in [5.74, 6) is -1.03. The van der Waals surface area contributed by atoms with Gasteiger partial charge in [-0.15, -0.1) is 9.46 Å². The molecule has 2 aliphatic rings. The van der Waals surface area contributed by atoms with E-state index in [4.69, 9.17) is 42.1 Å². The van der Waals surface area contributed by atoms with Crippen LogP contribution < -0.4 is 18.9 Å². The molecule has 46 heavy (non-hydrogen) atoms. The lowest BCUT2D eigenvalue weighted by molar-refractivity contribution is -0.635. The molecule has 4 aromatic rings. The zero-order chi connectivity index (χ0) is 33.6. The smallest absolute Gasteiger partial charge is 0.393 e. The Balaban J connectivity index is 0.000000181. The fourth-order valence-corrected chi connectivity index (χ4v) is 6.20. The van der Waals surface area contributed by atoms with E-state index in [1.54, 1.807) is 62.4 Å². The largest absolute Gasteiger partial charge is 0.616 e. The van der Waals surface area contributed by atoms with Crippen LogP contribution in [0.4, 0.5) is 0 Å². The van der Waals surface area contributed by atoms with E-state index in [0.717, 1.165) is 11.1 Å². The molecule has 0 bridgehead atoms. The molecular formula is C32H30Cl2N4O8. The standard InChI is InChI=1S/C16H14Cl2N2O3.C16H16N2O5/c1-16(2,15(21)22-3)12-8-4-6-10(17)19-13(8)23-14-9(12)5-7-11(18)20-14;1-16(2,15(19)22-3)12-10-6-4-8-17(20)13(10)23-14-11(12)7-5-9-18(14)21/h4-7,12H,1-3H3;4-9,12H,1-3H3. The Morgan fingerprint density at radius 1 is 0.696 bits per heavy atom. The van der Waals surface area contributed by atoms with Crippen molar-refractivity contribution in [2.75, 3.05) is 14.2 Å². The predicted octanol–water partition coefficient (Wildman–Crippen LogP) is 5.61. The van der Waals surface area contributed by atoms with Crippen LogP contribution in [0.15, 0.2) is 60.9 Å². The number of carbonyl (C=O) groups excluding carboxylic acids is 2. The highest BCUT2D eigenvalue weighted by atomic mass is 35.5. The van der Waals surface area contributed by atoms with E-state index in [-0.39, 0.29) is 23.6 Å². The van der Waals surface area contributed by atoms with Crippen LogP contribution in [0.3, 0.4) is 0 Å². The molecule has 0 amide bonds. The van der Waals surface area contributed by atoms with E-state index >= 15 is 0 Å². The molecule has 4 aromatic heterocycles. The minimum Gasteiger partial charge on any atom is -0.616 e. The van der Waals surface area contributed by atoms with Crippen molar-refractivity contribution in [1.82, 2.24) is 9.97 Å². The van der Waals surface area contributed by atoms with E-state index in [1.807, 2.05) is 13.8 Å². The number of esters is 2. The first-order valence-electron chi connectivity index (χ1n) is 14.0. The van der Waals surface area contributed by atoms with E-state index in [9.17, 15) is 20.0 Å². The fourth-order valence-electron chi connectivity index (χ4n) is 5.92. The number of fused-ring (bicyclic) bond motifs is 4. The minimum absolute atomic E-state index is 0.00206. The number of pyridine rings is 4. The maximum atomic E-state index is 12.3. The molecule has 0 saturated carbocycles. The summed E-state index contributed by atoms with van der Waals surface area (Å²) in [5, 5.41) is 24.7. The first-order chi connectivity index (χ1) is 21.7. The van der Waals surface area contributed by atoms with Gasteiger partial charge in [0.2, 0.25) is 11.8 Å². The lowest BCUT2D eigenvalue weighted by Gasteiger charge is -2.36. The molecule has 0 fully saturated rings. The molecule has 14 heteroatoms. The van der Waals surface area contributed by atoms with Crippen molar-refractivity contribution in [3.63, 3.8) is 0 Å². The third kappa shape index (κ3) is 5.62.